The monoisotopic (exact) mass is 409 g/mol. The number of anilines is 1. The zero-order valence-corrected chi connectivity index (χ0v) is 16.2. The van der Waals surface area contributed by atoms with Gasteiger partial charge in [-0.2, -0.15) is 0 Å². The van der Waals surface area contributed by atoms with Gasteiger partial charge < -0.3 is 5.32 Å². The number of nitrogens with one attached hydrogen (secondary N) is 2. The number of thioether (sulfide) groups is 1. The van der Waals surface area contributed by atoms with Crippen LogP contribution in [0.5, 0.6) is 0 Å². The maximum absolute atomic E-state index is 13.2. The van der Waals surface area contributed by atoms with Gasteiger partial charge in [0.25, 0.3) is 5.56 Å². The molecule has 0 fully saturated rings. The molecule has 2 aromatic heterocycles. The molecule has 4 rings (SSSR count). The highest BCUT2D eigenvalue weighted by Crippen LogP contribution is 2.22. The first kappa shape index (κ1) is 18.9. The molecule has 0 radical (unpaired) electrons. The van der Waals surface area contributed by atoms with E-state index < -0.39 is 0 Å². The predicted octanol–water partition coefficient (Wildman–Crippen LogP) is 3.26. The van der Waals surface area contributed by atoms with E-state index in [0.29, 0.717) is 22.2 Å². The maximum Gasteiger partial charge on any atom is 0.266 e. The van der Waals surface area contributed by atoms with Crippen molar-refractivity contribution in [3.63, 3.8) is 0 Å². The maximum atomic E-state index is 13.2. The number of hydrogen-bond donors (Lipinski definition) is 2. The van der Waals surface area contributed by atoms with Gasteiger partial charge >= 0.3 is 0 Å². The van der Waals surface area contributed by atoms with E-state index in [2.05, 4.69) is 20.4 Å². The number of aryl methyl sites for hydroxylation is 1. The molecular formula is C20H16FN5O2S. The lowest BCUT2D eigenvalue weighted by molar-refractivity contribution is -0.113. The number of hydrogen-bond acceptors (Lipinski definition) is 5. The van der Waals surface area contributed by atoms with Crippen LogP contribution in [0.25, 0.3) is 17.0 Å². The molecule has 0 spiro atoms. The fraction of sp³-hybridized carbons (Fsp3) is 0.100. The van der Waals surface area contributed by atoms with Crippen LogP contribution in [0.4, 0.5) is 10.1 Å². The molecule has 29 heavy (non-hydrogen) atoms. The highest BCUT2D eigenvalue weighted by molar-refractivity contribution is 7.99. The normalized spacial score (nSPS) is 11.0. The van der Waals surface area contributed by atoms with Crippen molar-refractivity contribution < 1.29 is 9.18 Å². The molecule has 0 atom stereocenters. The number of H-pyrrole nitrogens is 1. The minimum Gasteiger partial charge on any atom is -0.325 e. The third kappa shape index (κ3) is 4.19. The fourth-order valence-corrected chi connectivity index (χ4v) is 3.49. The SMILES string of the molecule is Cc1ccccc1NC(=O)CSc1nc(-c2ccc(F)cc2)nc2cc(=O)[nH]n12. The van der Waals surface area contributed by atoms with Crippen molar-refractivity contribution in [2.24, 2.45) is 0 Å². The molecule has 2 N–H and O–H groups in total. The van der Waals surface area contributed by atoms with Gasteiger partial charge in [0.05, 0.1) is 5.75 Å². The van der Waals surface area contributed by atoms with E-state index in [9.17, 15) is 14.0 Å². The Hall–Kier alpha value is -3.46. The van der Waals surface area contributed by atoms with Gasteiger partial charge in [-0.15, -0.1) is 0 Å². The van der Waals surface area contributed by atoms with Gasteiger partial charge in [0.1, 0.15) is 5.82 Å². The Morgan fingerprint density at radius 1 is 1.17 bits per heavy atom. The Kier molecular flexibility index (Phi) is 5.13. The van der Waals surface area contributed by atoms with Crippen molar-refractivity contribution in [1.29, 1.82) is 0 Å². The molecule has 0 aliphatic carbocycles. The second-order valence-corrected chi connectivity index (χ2v) is 7.24. The molecule has 146 valence electrons. The molecule has 0 bridgehead atoms. The van der Waals surface area contributed by atoms with Gasteiger partial charge in [-0.25, -0.2) is 18.9 Å². The number of fused-ring (bicyclic) bond motifs is 1. The summed E-state index contributed by atoms with van der Waals surface area (Å²) in [6.45, 7) is 1.91. The summed E-state index contributed by atoms with van der Waals surface area (Å²) in [5.74, 6) is -0.140. The highest BCUT2D eigenvalue weighted by atomic mass is 32.2. The van der Waals surface area contributed by atoms with Crippen molar-refractivity contribution >= 4 is 29.0 Å². The summed E-state index contributed by atoms with van der Waals surface area (Å²) in [6.07, 6.45) is 0. The summed E-state index contributed by atoms with van der Waals surface area (Å²) in [5, 5.41) is 5.88. The summed E-state index contributed by atoms with van der Waals surface area (Å²) in [5.41, 5.74) is 2.34. The molecule has 0 aliphatic heterocycles. The fourth-order valence-electron chi connectivity index (χ4n) is 2.74. The summed E-state index contributed by atoms with van der Waals surface area (Å²) in [4.78, 5) is 32.9. The zero-order chi connectivity index (χ0) is 20.4. The van der Waals surface area contributed by atoms with Gasteiger partial charge in [-0.3, -0.25) is 14.7 Å². The number of aromatic nitrogens is 4. The van der Waals surface area contributed by atoms with Crippen LogP contribution >= 0.6 is 11.8 Å². The molecule has 0 saturated carbocycles. The Labute approximate surface area is 169 Å². The zero-order valence-electron chi connectivity index (χ0n) is 15.3. The molecule has 0 aliphatic rings. The van der Waals surface area contributed by atoms with Crippen LogP contribution in [0, 0.1) is 12.7 Å². The summed E-state index contributed by atoms with van der Waals surface area (Å²) in [6, 6.07) is 14.6. The van der Waals surface area contributed by atoms with E-state index in [4.69, 9.17) is 0 Å². The number of aromatic amines is 1. The van der Waals surface area contributed by atoms with Crippen LogP contribution in [0.1, 0.15) is 5.56 Å². The van der Waals surface area contributed by atoms with E-state index >= 15 is 0 Å². The average molecular weight is 409 g/mol. The second-order valence-electron chi connectivity index (χ2n) is 6.30. The van der Waals surface area contributed by atoms with Gasteiger partial charge in [0.15, 0.2) is 16.6 Å². The topological polar surface area (TPSA) is 92.2 Å². The number of halogens is 1. The first-order valence-corrected chi connectivity index (χ1v) is 9.72. The van der Waals surface area contributed by atoms with Crippen LogP contribution in [0.2, 0.25) is 0 Å². The first-order chi connectivity index (χ1) is 14.0. The Bertz CT molecular complexity index is 1250. The van der Waals surface area contributed by atoms with Crippen molar-refractivity contribution in [3.8, 4) is 11.4 Å². The molecule has 0 unspecified atom stereocenters. The molecular weight excluding hydrogens is 393 g/mol. The number of benzene rings is 2. The van der Waals surface area contributed by atoms with Gasteiger partial charge in [0, 0.05) is 17.3 Å². The summed E-state index contributed by atoms with van der Waals surface area (Å²) >= 11 is 1.16. The van der Waals surface area contributed by atoms with Crippen LogP contribution in [0.15, 0.2) is 64.5 Å². The largest absolute Gasteiger partial charge is 0.325 e. The number of carbonyl (C=O) groups is 1. The smallest absolute Gasteiger partial charge is 0.266 e. The molecule has 2 heterocycles. The van der Waals surface area contributed by atoms with Crippen molar-refractivity contribution in [1.82, 2.24) is 19.6 Å². The predicted molar refractivity (Wildman–Crippen MR) is 110 cm³/mol. The van der Waals surface area contributed by atoms with Gasteiger partial charge in [-0.05, 0) is 42.8 Å². The Morgan fingerprint density at radius 3 is 2.69 bits per heavy atom. The molecule has 0 saturated heterocycles. The molecule has 9 heteroatoms. The lowest BCUT2D eigenvalue weighted by Crippen LogP contribution is -2.15. The lowest BCUT2D eigenvalue weighted by Gasteiger charge is -2.09. The summed E-state index contributed by atoms with van der Waals surface area (Å²) in [7, 11) is 0. The number of para-hydroxylation sites is 1. The molecule has 2 aromatic carbocycles. The Morgan fingerprint density at radius 2 is 1.93 bits per heavy atom. The van der Waals surface area contributed by atoms with Crippen LogP contribution in [0.3, 0.4) is 0 Å². The van der Waals surface area contributed by atoms with Crippen molar-refractivity contribution in [3.05, 3.63) is 76.3 Å². The quantitative estimate of drug-likeness (QED) is 0.494. The Balaban J connectivity index is 1.60. The van der Waals surface area contributed by atoms with Crippen molar-refractivity contribution in [2.75, 3.05) is 11.1 Å². The van der Waals surface area contributed by atoms with Crippen LogP contribution < -0.4 is 10.9 Å². The molecule has 1 amide bonds. The summed E-state index contributed by atoms with van der Waals surface area (Å²) < 4.78 is 14.6. The number of rotatable bonds is 5. The minimum atomic E-state index is -0.366. The van der Waals surface area contributed by atoms with Gasteiger partial charge in [-0.1, -0.05) is 30.0 Å². The highest BCUT2D eigenvalue weighted by Gasteiger charge is 2.14. The van der Waals surface area contributed by atoms with Crippen LogP contribution in [-0.2, 0) is 4.79 Å². The standard InChI is InChI=1S/C20H16FN5O2S/c1-12-4-2-3-5-15(12)22-18(28)11-29-20-24-19(13-6-8-14(21)9-7-13)23-16-10-17(27)25-26(16)20/h2-10H,11H2,1H3,(H,22,28)(H,25,27). The number of carbonyl (C=O) groups excluding carboxylic acids is 1. The minimum absolute atomic E-state index is 0.0868. The average Bonchev–Trinajstić information content (AvgIpc) is 3.08. The third-order valence-electron chi connectivity index (χ3n) is 4.18. The third-order valence-corrected chi connectivity index (χ3v) is 5.12. The van der Waals surface area contributed by atoms with Crippen molar-refractivity contribution in [2.45, 2.75) is 12.1 Å². The first-order valence-electron chi connectivity index (χ1n) is 8.73. The number of nitrogens with zero attached hydrogens (tertiary/aromatic N) is 3. The second kappa shape index (κ2) is 7.88. The molecule has 7 nitrogen and oxygen atoms in total. The van der Waals surface area contributed by atoms with E-state index in [1.165, 1.54) is 22.7 Å². The van der Waals surface area contributed by atoms with E-state index in [0.717, 1.165) is 23.0 Å². The lowest BCUT2D eigenvalue weighted by atomic mass is 10.2. The van der Waals surface area contributed by atoms with E-state index in [1.807, 2.05) is 31.2 Å². The van der Waals surface area contributed by atoms with Crippen LogP contribution in [-0.4, -0.2) is 31.2 Å². The number of amides is 1. The molecule has 4 aromatic rings. The van der Waals surface area contributed by atoms with E-state index in [1.54, 1.807) is 12.1 Å². The van der Waals surface area contributed by atoms with Gasteiger partial charge in [0.2, 0.25) is 5.91 Å². The van der Waals surface area contributed by atoms with E-state index in [-0.39, 0.29) is 23.0 Å².